The van der Waals surface area contributed by atoms with Crippen LogP contribution in [-0.4, -0.2) is 35.8 Å². The van der Waals surface area contributed by atoms with E-state index >= 15 is 0 Å². The Morgan fingerprint density at radius 2 is 2.38 bits per heavy atom. The summed E-state index contributed by atoms with van der Waals surface area (Å²) in [4.78, 5) is 24.1. The van der Waals surface area contributed by atoms with E-state index in [9.17, 15) is 9.59 Å². The average molecular weight is 182 g/mol. The van der Waals surface area contributed by atoms with Gasteiger partial charge in [0.25, 0.3) is 0 Å². The third kappa shape index (κ3) is 2.08. The van der Waals surface area contributed by atoms with Crippen LogP contribution in [0.1, 0.15) is 13.3 Å². The number of hydrogen-bond acceptors (Lipinski definition) is 2. The molecule has 0 aromatic heterocycles. The molecule has 1 fully saturated rings. The van der Waals surface area contributed by atoms with Gasteiger partial charge in [-0.15, -0.1) is 6.58 Å². The van der Waals surface area contributed by atoms with Crippen LogP contribution in [0.3, 0.4) is 0 Å². The van der Waals surface area contributed by atoms with Crippen LogP contribution in [0.2, 0.25) is 0 Å². The van der Waals surface area contributed by atoms with Crippen LogP contribution in [0, 0.1) is 0 Å². The van der Waals surface area contributed by atoms with Gasteiger partial charge in [-0.25, -0.2) is 0 Å². The summed E-state index contributed by atoms with van der Waals surface area (Å²) in [5, 5.41) is 2.53. The summed E-state index contributed by atoms with van der Waals surface area (Å²) in [5.41, 5.74) is 0. The molecule has 1 aliphatic rings. The number of nitrogens with one attached hydrogen (secondary N) is 1. The van der Waals surface area contributed by atoms with E-state index in [-0.39, 0.29) is 24.4 Å². The highest BCUT2D eigenvalue weighted by Crippen LogP contribution is 2.05. The Hall–Kier alpha value is -1.32. The normalized spacial score (nSPS) is 22.8. The Morgan fingerprint density at radius 3 is 3.00 bits per heavy atom. The largest absolute Gasteiger partial charge is 0.345 e. The monoisotopic (exact) mass is 182 g/mol. The van der Waals surface area contributed by atoms with Crippen molar-refractivity contribution in [3.8, 4) is 0 Å². The number of carbonyl (C=O) groups excluding carboxylic acids is 2. The zero-order valence-corrected chi connectivity index (χ0v) is 7.75. The van der Waals surface area contributed by atoms with Crippen LogP contribution in [0.15, 0.2) is 12.7 Å². The van der Waals surface area contributed by atoms with Crippen LogP contribution >= 0.6 is 0 Å². The maximum Gasteiger partial charge on any atom is 0.242 e. The van der Waals surface area contributed by atoms with Crippen LogP contribution in [-0.2, 0) is 9.59 Å². The molecule has 0 aliphatic carbocycles. The van der Waals surface area contributed by atoms with Gasteiger partial charge in [-0.1, -0.05) is 6.08 Å². The number of rotatable bonds is 3. The lowest BCUT2D eigenvalue weighted by atomic mass is 10.2. The molecule has 1 atom stereocenters. The predicted octanol–water partition coefficient (Wildman–Crippen LogP) is -0.0906. The first-order valence-electron chi connectivity index (χ1n) is 4.35. The molecule has 1 unspecified atom stereocenters. The summed E-state index contributed by atoms with van der Waals surface area (Å²) in [7, 11) is 0. The SMILES string of the molecule is C=CCCN1C(=O)CNC(=O)C1C. The highest BCUT2D eigenvalue weighted by Gasteiger charge is 2.29. The zero-order chi connectivity index (χ0) is 9.84. The van der Waals surface area contributed by atoms with Gasteiger partial charge in [-0.3, -0.25) is 9.59 Å². The molecule has 1 rings (SSSR count). The predicted molar refractivity (Wildman–Crippen MR) is 49.0 cm³/mol. The number of carbonyl (C=O) groups is 2. The molecule has 0 aromatic carbocycles. The first-order chi connectivity index (χ1) is 6.16. The third-order valence-electron chi connectivity index (χ3n) is 2.16. The Kier molecular flexibility index (Phi) is 3.06. The van der Waals surface area contributed by atoms with E-state index < -0.39 is 0 Å². The van der Waals surface area contributed by atoms with E-state index in [1.807, 2.05) is 0 Å². The summed E-state index contributed by atoms with van der Waals surface area (Å²) >= 11 is 0. The van der Waals surface area contributed by atoms with Crippen LogP contribution in [0.4, 0.5) is 0 Å². The molecule has 0 bridgehead atoms. The molecule has 4 nitrogen and oxygen atoms in total. The molecule has 0 saturated carbocycles. The average Bonchev–Trinajstić information content (AvgIpc) is 2.12. The zero-order valence-electron chi connectivity index (χ0n) is 7.75. The van der Waals surface area contributed by atoms with E-state index in [0.717, 1.165) is 6.42 Å². The van der Waals surface area contributed by atoms with Gasteiger partial charge in [0.2, 0.25) is 11.8 Å². The quantitative estimate of drug-likeness (QED) is 0.620. The van der Waals surface area contributed by atoms with Crippen molar-refractivity contribution >= 4 is 11.8 Å². The smallest absolute Gasteiger partial charge is 0.242 e. The van der Waals surface area contributed by atoms with Crippen molar-refractivity contribution in [1.29, 1.82) is 0 Å². The minimum Gasteiger partial charge on any atom is -0.345 e. The Labute approximate surface area is 77.6 Å². The second-order valence-electron chi connectivity index (χ2n) is 3.06. The van der Waals surface area contributed by atoms with E-state index in [0.29, 0.717) is 6.54 Å². The molecular weight excluding hydrogens is 168 g/mol. The van der Waals surface area contributed by atoms with Gasteiger partial charge in [0.15, 0.2) is 0 Å². The van der Waals surface area contributed by atoms with Crippen LogP contribution in [0.5, 0.6) is 0 Å². The molecule has 72 valence electrons. The van der Waals surface area contributed by atoms with E-state index in [1.54, 1.807) is 17.9 Å². The first kappa shape index (κ1) is 9.77. The molecule has 1 N–H and O–H groups in total. The van der Waals surface area contributed by atoms with Crippen molar-refractivity contribution in [1.82, 2.24) is 10.2 Å². The molecule has 2 amide bonds. The maximum absolute atomic E-state index is 11.3. The number of amides is 2. The highest BCUT2D eigenvalue weighted by molar-refractivity contribution is 5.94. The van der Waals surface area contributed by atoms with Gasteiger partial charge in [0.1, 0.15) is 6.04 Å². The number of hydrogen-bond donors (Lipinski definition) is 1. The molecule has 1 heterocycles. The molecule has 13 heavy (non-hydrogen) atoms. The van der Waals surface area contributed by atoms with Crippen LogP contribution in [0.25, 0.3) is 0 Å². The van der Waals surface area contributed by atoms with Gasteiger partial charge in [0.05, 0.1) is 6.54 Å². The van der Waals surface area contributed by atoms with Gasteiger partial charge in [-0.05, 0) is 13.3 Å². The lowest BCUT2D eigenvalue weighted by Crippen LogP contribution is -2.57. The molecule has 4 heteroatoms. The van der Waals surface area contributed by atoms with Crippen molar-refractivity contribution in [3.05, 3.63) is 12.7 Å². The Bertz CT molecular complexity index is 238. The first-order valence-corrected chi connectivity index (χ1v) is 4.35. The molecule has 0 aromatic rings. The topological polar surface area (TPSA) is 49.4 Å². The van der Waals surface area contributed by atoms with Gasteiger partial charge >= 0.3 is 0 Å². The van der Waals surface area contributed by atoms with E-state index in [4.69, 9.17) is 0 Å². The van der Waals surface area contributed by atoms with E-state index in [2.05, 4.69) is 11.9 Å². The molecule has 1 saturated heterocycles. The summed E-state index contributed by atoms with van der Waals surface area (Å²) < 4.78 is 0. The van der Waals surface area contributed by atoms with Gasteiger partial charge < -0.3 is 10.2 Å². The Morgan fingerprint density at radius 1 is 1.69 bits per heavy atom. The fraction of sp³-hybridized carbons (Fsp3) is 0.556. The summed E-state index contributed by atoms with van der Waals surface area (Å²) in [6.07, 6.45) is 2.47. The van der Waals surface area contributed by atoms with Crippen LogP contribution < -0.4 is 5.32 Å². The van der Waals surface area contributed by atoms with E-state index in [1.165, 1.54) is 0 Å². The second-order valence-corrected chi connectivity index (χ2v) is 3.06. The summed E-state index contributed by atoms with van der Waals surface area (Å²) in [6, 6.07) is -0.346. The van der Waals surface area contributed by atoms with Gasteiger partial charge in [-0.2, -0.15) is 0 Å². The number of piperazine rings is 1. The summed E-state index contributed by atoms with van der Waals surface area (Å²) in [5.74, 6) is -0.0994. The third-order valence-corrected chi connectivity index (χ3v) is 2.16. The molecule has 1 aliphatic heterocycles. The number of nitrogens with zero attached hydrogens (tertiary/aromatic N) is 1. The maximum atomic E-state index is 11.3. The van der Waals surface area contributed by atoms with Crippen molar-refractivity contribution in [2.75, 3.05) is 13.1 Å². The fourth-order valence-corrected chi connectivity index (χ4v) is 1.32. The minimum absolute atomic E-state index is 0.0195. The Balaban J connectivity index is 2.60. The molecule has 0 radical (unpaired) electrons. The minimum atomic E-state index is -0.346. The fourth-order valence-electron chi connectivity index (χ4n) is 1.32. The van der Waals surface area contributed by atoms with Crippen molar-refractivity contribution in [3.63, 3.8) is 0 Å². The standard InChI is InChI=1S/C9H14N2O2/c1-3-4-5-11-7(2)9(13)10-6-8(11)12/h3,7H,1,4-6H2,2H3,(H,10,13). The lowest BCUT2D eigenvalue weighted by Gasteiger charge is -2.32. The lowest BCUT2D eigenvalue weighted by molar-refractivity contribution is -0.144. The molecule has 0 spiro atoms. The second kappa shape index (κ2) is 4.07. The van der Waals surface area contributed by atoms with Crippen molar-refractivity contribution in [2.24, 2.45) is 0 Å². The van der Waals surface area contributed by atoms with Crippen molar-refractivity contribution < 1.29 is 9.59 Å². The van der Waals surface area contributed by atoms with Crippen molar-refractivity contribution in [2.45, 2.75) is 19.4 Å². The summed E-state index contributed by atoms with van der Waals surface area (Å²) in [6.45, 7) is 6.01. The highest BCUT2D eigenvalue weighted by atomic mass is 16.2. The van der Waals surface area contributed by atoms with Gasteiger partial charge in [0, 0.05) is 6.54 Å². The molecular formula is C9H14N2O2.